The van der Waals surface area contributed by atoms with Crippen molar-refractivity contribution in [2.45, 2.75) is 85.1 Å². The molecule has 1 aliphatic rings. The summed E-state index contributed by atoms with van der Waals surface area (Å²) in [6.07, 6.45) is 8.84. The van der Waals surface area contributed by atoms with E-state index in [1.807, 2.05) is 13.8 Å². The molecule has 37 heavy (non-hydrogen) atoms. The van der Waals surface area contributed by atoms with Crippen molar-refractivity contribution in [2.24, 2.45) is 10.7 Å². The van der Waals surface area contributed by atoms with Crippen LogP contribution in [0.1, 0.15) is 94.0 Å². The molecule has 3 heteroatoms. The monoisotopic (exact) mass is 493 g/mol. The largest absolute Gasteiger partial charge is 0.404 e. The molecule has 0 saturated heterocycles. The molecule has 1 aliphatic carbocycles. The SMILES string of the molecule is CCCC(CCC)c1ccc(NC2CCc3cccc(-c4cccc(N=C(C)C(C)=CN)c4)c32)c(C)c1. The highest BCUT2D eigenvalue weighted by Crippen LogP contribution is 2.42. The van der Waals surface area contributed by atoms with E-state index in [2.05, 4.69) is 86.8 Å². The molecular weight excluding hydrogens is 450 g/mol. The highest BCUT2D eigenvalue weighted by Gasteiger charge is 2.26. The smallest absolute Gasteiger partial charge is 0.0639 e. The predicted octanol–water partition coefficient (Wildman–Crippen LogP) is 9.40. The van der Waals surface area contributed by atoms with E-state index in [1.54, 1.807) is 6.20 Å². The summed E-state index contributed by atoms with van der Waals surface area (Å²) in [6.45, 7) is 10.8. The predicted molar refractivity (Wildman–Crippen MR) is 161 cm³/mol. The maximum Gasteiger partial charge on any atom is 0.0639 e. The summed E-state index contributed by atoms with van der Waals surface area (Å²) in [4.78, 5) is 4.81. The van der Waals surface area contributed by atoms with Gasteiger partial charge in [0, 0.05) is 11.4 Å². The van der Waals surface area contributed by atoms with E-state index in [1.165, 1.54) is 64.8 Å². The first kappa shape index (κ1) is 26.7. The van der Waals surface area contributed by atoms with Crippen LogP contribution in [0, 0.1) is 6.92 Å². The Morgan fingerprint density at radius 2 is 1.78 bits per heavy atom. The van der Waals surface area contributed by atoms with E-state index in [9.17, 15) is 0 Å². The molecular formula is C34H43N3. The van der Waals surface area contributed by atoms with Crippen molar-refractivity contribution < 1.29 is 0 Å². The fraction of sp³-hybridized carbons (Fsp3) is 0.382. The van der Waals surface area contributed by atoms with E-state index in [-0.39, 0.29) is 0 Å². The van der Waals surface area contributed by atoms with Crippen LogP contribution in [0.2, 0.25) is 0 Å². The number of nitrogens with one attached hydrogen (secondary N) is 1. The number of hydrogen-bond donors (Lipinski definition) is 2. The van der Waals surface area contributed by atoms with Crippen molar-refractivity contribution in [3.63, 3.8) is 0 Å². The van der Waals surface area contributed by atoms with Crippen LogP contribution in [0.5, 0.6) is 0 Å². The van der Waals surface area contributed by atoms with Gasteiger partial charge in [-0.3, -0.25) is 4.99 Å². The molecule has 1 atom stereocenters. The van der Waals surface area contributed by atoms with Gasteiger partial charge in [0.2, 0.25) is 0 Å². The topological polar surface area (TPSA) is 50.4 Å². The zero-order valence-electron chi connectivity index (χ0n) is 23.3. The minimum atomic E-state index is 0.300. The van der Waals surface area contributed by atoms with Gasteiger partial charge in [-0.1, -0.05) is 69.2 Å². The van der Waals surface area contributed by atoms with Crippen molar-refractivity contribution in [2.75, 3.05) is 5.32 Å². The van der Waals surface area contributed by atoms with E-state index in [0.717, 1.165) is 29.8 Å². The lowest BCUT2D eigenvalue weighted by atomic mass is 9.89. The number of hydrogen-bond acceptors (Lipinski definition) is 3. The van der Waals surface area contributed by atoms with E-state index in [4.69, 9.17) is 10.7 Å². The quantitative estimate of drug-likeness (QED) is 0.276. The Labute approximate surface area is 223 Å². The van der Waals surface area contributed by atoms with Crippen molar-refractivity contribution in [3.05, 3.63) is 94.7 Å². The number of nitrogens with zero attached hydrogens (tertiary/aromatic N) is 1. The first-order chi connectivity index (χ1) is 17.9. The molecule has 3 nitrogen and oxygen atoms in total. The molecule has 4 rings (SSSR count). The van der Waals surface area contributed by atoms with Crippen LogP contribution >= 0.6 is 0 Å². The van der Waals surface area contributed by atoms with E-state index in [0.29, 0.717) is 12.0 Å². The summed E-state index contributed by atoms with van der Waals surface area (Å²) in [5, 5.41) is 3.93. The summed E-state index contributed by atoms with van der Waals surface area (Å²) >= 11 is 0. The summed E-state index contributed by atoms with van der Waals surface area (Å²) in [7, 11) is 0. The molecule has 0 radical (unpaired) electrons. The Hall–Kier alpha value is -3.33. The van der Waals surface area contributed by atoms with Crippen LogP contribution in [-0.2, 0) is 6.42 Å². The molecule has 0 bridgehead atoms. The van der Waals surface area contributed by atoms with Crippen LogP contribution < -0.4 is 11.1 Å². The van der Waals surface area contributed by atoms with E-state index >= 15 is 0 Å². The summed E-state index contributed by atoms with van der Waals surface area (Å²) in [5.41, 5.74) is 18.1. The number of allylic oxidation sites excluding steroid dienone is 1. The van der Waals surface area contributed by atoms with Crippen LogP contribution in [0.15, 0.2) is 77.4 Å². The number of anilines is 1. The number of aryl methyl sites for hydroxylation is 2. The van der Waals surface area contributed by atoms with Gasteiger partial charge in [0.05, 0.1) is 11.7 Å². The second-order valence-corrected chi connectivity index (χ2v) is 10.6. The fourth-order valence-electron chi connectivity index (χ4n) is 5.69. The van der Waals surface area contributed by atoms with Gasteiger partial charge in [-0.05, 0) is 116 Å². The second kappa shape index (κ2) is 12.3. The molecule has 0 aliphatic heterocycles. The fourth-order valence-corrected chi connectivity index (χ4v) is 5.69. The van der Waals surface area contributed by atoms with Gasteiger partial charge in [-0.2, -0.15) is 0 Å². The molecule has 0 spiro atoms. The third-order valence-electron chi connectivity index (χ3n) is 7.85. The molecule has 3 aromatic rings. The molecule has 0 aromatic heterocycles. The van der Waals surface area contributed by atoms with Crippen LogP contribution in [0.25, 0.3) is 11.1 Å². The summed E-state index contributed by atoms with van der Waals surface area (Å²) < 4.78 is 0. The average molecular weight is 494 g/mol. The van der Waals surface area contributed by atoms with Crippen molar-refractivity contribution in [1.29, 1.82) is 0 Å². The standard InChI is InChI=1S/C34H43N3/c1-6-10-26(11-7-2)28-17-18-32(23(3)20-28)37-33-19-16-27-12-9-15-31(34(27)33)29-13-8-14-30(21-29)36-25(5)24(4)22-35/h8-9,12-15,17-18,20-22,26,33,37H,6-7,10-11,16,19,35H2,1-5H3. The normalized spacial score (nSPS) is 15.8. The minimum absolute atomic E-state index is 0.300. The van der Waals surface area contributed by atoms with Gasteiger partial charge in [-0.25, -0.2) is 0 Å². The maximum absolute atomic E-state index is 5.70. The molecule has 3 aromatic carbocycles. The maximum atomic E-state index is 5.70. The van der Waals surface area contributed by atoms with Gasteiger partial charge in [-0.15, -0.1) is 0 Å². The number of benzene rings is 3. The Bertz CT molecular complexity index is 1280. The van der Waals surface area contributed by atoms with Gasteiger partial charge >= 0.3 is 0 Å². The second-order valence-electron chi connectivity index (χ2n) is 10.6. The first-order valence-corrected chi connectivity index (χ1v) is 14.0. The Morgan fingerprint density at radius 3 is 2.49 bits per heavy atom. The van der Waals surface area contributed by atoms with Gasteiger partial charge < -0.3 is 11.1 Å². The summed E-state index contributed by atoms with van der Waals surface area (Å²) in [5.74, 6) is 0.671. The highest BCUT2D eigenvalue weighted by molar-refractivity contribution is 5.99. The molecule has 0 heterocycles. The molecule has 1 unspecified atom stereocenters. The lowest BCUT2D eigenvalue weighted by Crippen LogP contribution is -2.10. The molecule has 0 amide bonds. The Kier molecular flexibility index (Phi) is 8.87. The third kappa shape index (κ3) is 6.15. The molecule has 0 fully saturated rings. The number of fused-ring (bicyclic) bond motifs is 1. The highest BCUT2D eigenvalue weighted by atomic mass is 14.9. The average Bonchev–Trinajstić information content (AvgIpc) is 3.32. The van der Waals surface area contributed by atoms with Crippen LogP contribution in [0.3, 0.4) is 0 Å². The lowest BCUT2D eigenvalue weighted by molar-refractivity contribution is 0.560. The number of aliphatic imine (C=N–C) groups is 1. The number of rotatable bonds is 10. The number of nitrogens with two attached hydrogens (primary N) is 1. The Balaban J connectivity index is 1.63. The van der Waals surface area contributed by atoms with Gasteiger partial charge in [0.1, 0.15) is 0 Å². The van der Waals surface area contributed by atoms with Crippen molar-refractivity contribution >= 4 is 17.1 Å². The van der Waals surface area contributed by atoms with Crippen molar-refractivity contribution in [3.8, 4) is 11.1 Å². The van der Waals surface area contributed by atoms with Gasteiger partial charge in [0.25, 0.3) is 0 Å². The molecule has 3 N–H and O–H groups in total. The minimum Gasteiger partial charge on any atom is -0.404 e. The summed E-state index contributed by atoms with van der Waals surface area (Å²) in [6, 6.07) is 22.7. The van der Waals surface area contributed by atoms with Crippen LogP contribution in [0.4, 0.5) is 11.4 Å². The van der Waals surface area contributed by atoms with Gasteiger partial charge in [0.15, 0.2) is 0 Å². The van der Waals surface area contributed by atoms with E-state index < -0.39 is 0 Å². The first-order valence-electron chi connectivity index (χ1n) is 14.0. The zero-order valence-corrected chi connectivity index (χ0v) is 23.3. The van der Waals surface area contributed by atoms with Crippen molar-refractivity contribution in [1.82, 2.24) is 0 Å². The molecule has 0 saturated carbocycles. The van der Waals surface area contributed by atoms with Crippen LogP contribution in [-0.4, -0.2) is 5.71 Å². The zero-order chi connectivity index (χ0) is 26.4. The molecule has 194 valence electrons. The third-order valence-corrected chi connectivity index (χ3v) is 7.85. The lowest BCUT2D eigenvalue weighted by Gasteiger charge is -2.22. The Morgan fingerprint density at radius 1 is 1.03 bits per heavy atom.